The Kier molecular flexibility index (Phi) is 5.83. The number of benzene rings is 2. The molecule has 6 heteroatoms. The molecule has 122 valence electrons. The Morgan fingerprint density at radius 2 is 1.88 bits per heavy atom. The predicted octanol–water partition coefficient (Wildman–Crippen LogP) is 3.90. The van der Waals surface area contributed by atoms with Crippen molar-refractivity contribution in [3.63, 3.8) is 0 Å². The van der Waals surface area contributed by atoms with Crippen molar-refractivity contribution in [1.29, 1.82) is 5.26 Å². The summed E-state index contributed by atoms with van der Waals surface area (Å²) in [4.78, 5) is 12.3. The highest BCUT2D eigenvalue weighted by molar-refractivity contribution is 6.30. The number of methoxy groups -OCH3 is 2. The summed E-state index contributed by atoms with van der Waals surface area (Å²) in [6, 6.07) is 13.7. The molecule has 0 aliphatic carbocycles. The van der Waals surface area contributed by atoms with E-state index in [2.05, 4.69) is 5.32 Å². The number of amides is 1. The molecule has 2 aromatic rings. The zero-order valence-corrected chi connectivity index (χ0v) is 13.9. The summed E-state index contributed by atoms with van der Waals surface area (Å²) in [5.74, 6) is 0.443. The SMILES string of the molecule is COc1cccc(/C=C(\C#N)C(=O)Nc2ccc(Cl)cc2)c1OC. The minimum Gasteiger partial charge on any atom is -0.493 e. The molecule has 0 unspecified atom stereocenters. The van der Waals surface area contributed by atoms with Crippen LogP contribution in [-0.2, 0) is 4.79 Å². The molecular weight excluding hydrogens is 328 g/mol. The first-order valence-electron chi connectivity index (χ1n) is 6.98. The monoisotopic (exact) mass is 342 g/mol. The van der Waals surface area contributed by atoms with Crippen LogP contribution in [0.4, 0.5) is 5.69 Å². The number of hydrogen-bond donors (Lipinski definition) is 1. The molecule has 0 fully saturated rings. The third-order valence-electron chi connectivity index (χ3n) is 3.20. The lowest BCUT2D eigenvalue weighted by Crippen LogP contribution is -2.13. The molecule has 0 saturated heterocycles. The molecule has 0 spiro atoms. The number of halogens is 1. The van der Waals surface area contributed by atoms with Gasteiger partial charge in [-0.3, -0.25) is 4.79 Å². The van der Waals surface area contributed by atoms with Crippen LogP contribution in [0, 0.1) is 11.3 Å². The highest BCUT2D eigenvalue weighted by atomic mass is 35.5. The summed E-state index contributed by atoms with van der Waals surface area (Å²) < 4.78 is 10.5. The molecule has 1 amide bonds. The maximum absolute atomic E-state index is 12.3. The number of nitrogens with one attached hydrogen (secondary N) is 1. The van der Waals surface area contributed by atoms with Gasteiger partial charge in [0.25, 0.3) is 5.91 Å². The second-order valence-electron chi connectivity index (χ2n) is 4.71. The number of carbonyl (C=O) groups excluding carboxylic acids is 1. The summed E-state index contributed by atoms with van der Waals surface area (Å²) in [5.41, 5.74) is 1.05. The maximum atomic E-state index is 12.3. The van der Waals surface area contributed by atoms with Gasteiger partial charge in [0.15, 0.2) is 11.5 Å². The predicted molar refractivity (Wildman–Crippen MR) is 93.2 cm³/mol. The number of ether oxygens (including phenoxy) is 2. The first-order valence-corrected chi connectivity index (χ1v) is 7.36. The van der Waals surface area contributed by atoms with Gasteiger partial charge >= 0.3 is 0 Å². The molecule has 1 N–H and O–H groups in total. The van der Waals surface area contributed by atoms with Gasteiger partial charge in [0.05, 0.1) is 14.2 Å². The van der Waals surface area contributed by atoms with Gasteiger partial charge in [-0.05, 0) is 36.4 Å². The number of nitrogens with zero attached hydrogens (tertiary/aromatic N) is 1. The number of carbonyl (C=O) groups is 1. The van der Waals surface area contributed by atoms with Crippen molar-refractivity contribution in [2.45, 2.75) is 0 Å². The fourth-order valence-electron chi connectivity index (χ4n) is 2.06. The van der Waals surface area contributed by atoms with E-state index in [1.165, 1.54) is 20.3 Å². The van der Waals surface area contributed by atoms with E-state index >= 15 is 0 Å². The summed E-state index contributed by atoms with van der Waals surface area (Å²) in [5, 5.41) is 12.5. The first-order chi connectivity index (χ1) is 11.6. The molecule has 0 saturated carbocycles. The first kappa shape index (κ1) is 17.4. The van der Waals surface area contributed by atoms with Crippen LogP contribution in [0.5, 0.6) is 11.5 Å². The van der Waals surface area contributed by atoms with Gasteiger partial charge in [0, 0.05) is 16.3 Å². The molecule has 2 aromatic carbocycles. The van der Waals surface area contributed by atoms with Gasteiger partial charge in [-0.15, -0.1) is 0 Å². The van der Waals surface area contributed by atoms with E-state index in [0.717, 1.165) is 0 Å². The number of para-hydroxylation sites is 1. The Hall–Kier alpha value is -2.97. The molecule has 0 aliphatic rings. The van der Waals surface area contributed by atoms with Crippen LogP contribution in [0.3, 0.4) is 0 Å². The topological polar surface area (TPSA) is 71.3 Å². The van der Waals surface area contributed by atoms with Crippen molar-refractivity contribution >= 4 is 29.3 Å². The highest BCUT2D eigenvalue weighted by Gasteiger charge is 2.13. The molecule has 0 aliphatic heterocycles. The van der Waals surface area contributed by atoms with E-state index in [0.29, 0.717) is 27.8 Å². The van der Waals surface area contributed by atoms with E-state index in [1.54, 1.807) is 42.5 Å². The second kappa shape index (κ2) is 8.04. The van der Waals surface area contributed by atoms with E-state index in [4.69, 9.17) is 21.1 Å². The second-order valence-corrected chi connectivity index (χ2v) is 5.15. The third-order valence-corrected chi connectivity index (χ3v) is 3.45. The molecule has 2 rings (SSSR count). The Morgan fingerprint density at radius 3 is 2.46 bits per heavy atom. The van der Waals surface area contributed by atoms with Gasteiger partial charge in [0.2, 0.25) is 0 Å². The molecule has 0 aromatic heterocycles. The third kappa shape index (κ3) is 4.06. The van der Waals surface area contributed by atoms with Gasteiger partial charge in [-0.2, -0.15) is 5.26 Å². The average Bonchev–Trinajstić information content (AvgIpc) is 2.60. The van der Waals surface area contributed by atoms with Crippen LogP contribution < -0.4 is 14.8 Å². The van der Waals surface area contributed by atoms with Gasteiger partial charge < -0.3 is 14.8 Å². The molecule has 0 radical (unpaired) electrons. The molecule has 0 bridgehead atoms. The quantitative estimate of drug-likeness (QED) is 0.660. The number of nitriles is 1. The zero-order chi connectivity index (χ0) is 17.5. The Balaban J connectivity index is 2.31. The van der Waals surface area contributed by atoms with E-state index in [1.807, 2.05) is 6.07 Å². The summed E-state index contributed by atoms with van der Waals surface area (Å²) in [7, 11) is 3.01. The summed E-state index contributed by atoms with van der Waals surface area (Å²) in [6.45, 7) is 0. The molecule has 24 heavy (non-hydrogen) atoms. The lowest BCUT2D eigenvalue weighted by Gasteiger charge is -2.10. The zero-order valence-electron chi connectivity index (χ0n) is 13.2. The van der Waals surface area contributed by atoms with Crippen LogP contribution in [0.1, 0.15) is 5.56 Å². The van der Waals surface area contributed by atoms with E-state index in [-0.39, 0.29) is 5.57 Å². The largest absolute Gasteiger partial charge is 0.493 e. The van der Waals surface area contributed by atoms with Gasteiger partial charge in [-0.1, -0.05) is 23.7 Å². The Bertz CT molecular complexity index is 808. The van der Waals surface area contributed by atoms with Crippen molar-refractivity contribution in [1.82, 2.24) is 0 Å². The van der Waals surface area contributed by atoms with Crippen molar-refractivity contribution in [3.05, 3.63) is 58.6 Å². The molecule has 5 nitrogen and oxygen atoms in total. The van der Waals surface area contributed by atoms with Crippen LogP contribution in [0.25, 0.3) is 6.08 Å². The number of anilines is 1. The Labute approximate surface area is 145 Å². The van der Waals surface area contributed by atoms with Gasteiger partial charge in [-0.25, -0.2) is 0 Å². The smallest absolute Gasteiger partial charge is 0.266 e. The fourth-order valence-corrected chi connectivity index (χ4v) is 2.19. The summed E-state index contributed by atoms with van der Waals surface area (Å²) >= 11 is 5.81. The molecule has 0 atom stereocenters. The van der Waals surface area contributed by atoms with Crippen molar-refractivity contribution < 1.29 is 14.3 Å². The van der Waals surface area contributed by atoms with Crippen molar-refractivity contribution in [2.75, 3.05) is 19.5 Å². The minimum atomic E-state index is -0.523. The lowest BCUT2D eigenvalue weighted by molar-refractivity contribution is -0.112. The average molecular weight is 343 g/mol. The van der Waals surface area contributed by atoms with Crippen LogP contribution in [0.2, 0.25) is 5.02 Å². The lowest BCUT2D eigenvalue weighted by atomic mass is 10.1. The standard InChI is InChI=1S/C18H15ClN2O3/c1-23-16-5-3-4-12(17(16)24-2)10-13(11-20)18(22)21-15-8-6-14(19)7-9-15/h3-10H,1-2H3,(H,21,22)/b13-10+. The Morgan fingerprint density at radius 1 is 1.17 bits per heavy atom. The van der Waals surface area contributed by atoms with Gasteiger partial charge in [0.1, 0.15) is 11.6 Å². The van der Waals surface area contributed by atoms with E-state index < -0.39 is 5.91 Å². The fraction of sp³-hybridized carbons (Fsp3) is 0.111. The minimum absolute atomic E-state index is 0.0588. The van der Waals surface area contributed by atoms with Crippen molar-refractivity contribution in [2.24, 2.45) is 0 Å². The highest BCUT2D eigenvalue weighted by Crippen LogP contribution is 2.32. The van der Waals surface area contributed by atoms with E-state index in [9.17, 15) is 10.1 Å². The van der Waals surface area contributed by atoms with Crippen LogP contribution in [-0.4, -0.2) is 20.1 Å². The van der Waals surface area contributed by atoms with Crippen LogP contribution >= 0.6 is 11.6 Å². The molecule has 0 heterocycles. The normalized spacial score (nSPS) is 10.7. The van der Waals surface area contributed by atoms with Crippen molar-refractivity contribution in [3.8, 4) is 17.6 Å². The summed E-state index contributed by atoms with van der Waals surface area (Å²) in [6.07, 6.45) is 1.45. The van der Waals surface area contributed by atoms with Crippen LogP contribution in [0.15, 0.2) is 48.0 Å². The number of hydrogen-bond acceptors (Lipinski definition) is 4. The molecular formula is C18H15ClN2O3. The number of rotatable bonds is 5. The maximum Gasteiger partial charge on any atom is 0.266 e.